The molecule has 1 saturated heterocycles. The third-order valence-corrected chi connectivity index (χ3v) is 7.02. The van der Waals surface area contributed by atoms with E-state index in [1.165, 1.54) is 24.3 Å². The molecule has 5 nitrogen and oxygen atoms in total. The highest BCUT2D eigenvalue weighted by molar-refractivity contribution is 5.82. The lowest BCUT2D eigenvalue weighted by molar-refractivity contribution is -0.145. The first kappa shape index (κ1) is 21.2. The van der Waals surface area contributed by atoms with Crippen LogP contribution in [0.5, 0.6) is 0 Å². The lowest BCUT2D eigenvalue weighted by atomic mass is 9.73. The van der Waals surface area contributed by atoms with Crippen molar-refractivity contribution in [1.82, 2.24) is 4.90 Å². The number of carboxylic acids is 1. The van der Waals surface area contributed by atoms with Crippen LogP contribution in [0.2, 0.25) is 0 Å². The summed E-state index contributed by atoms with van der Waals surface area (Å²) < 4.78 is 19.0. The van der Waals surface area contributed by atoms with E-state index in [1.54, 1.807) is 4.90 Å². The number of likely N-dealkylation sites (tertiary alicyclic amines) is 1. The predicted octanol–water partition coefficient (Wildman–Crippen LogP) is 5.19. The molecule has 0 unspecified atom stereocenters. The van der Waals surface area contributed by atoms with Gasteiger partial charge in [0.05, 0.1) is 5.41 Å². The number of ether oxygens (including phenoxy) is 1. The van der Waals surface area contributed by atoms with Gasteiger partial charge in [-0.2, -0.15) is 0 Å². The highest BCUT2D eigenvalue weighted by Gasteiger charge is 2.44. The molecule has 0 radical (unpaired) electrons. The van der Waals surface area contributed by atoms with Gasteiger partial charge < -0.3 is 14.7 Å². The van der Waals surface area contributed by atoms with Gasteiger partial charge in [0.1, 0.15) is 12.4 Å². The SMILES string of the molecule is O=C(OCC1c2ccccc2-c2ccccc21)N1CCC(C(=O)O)(c2ccc(F)cc2)CC1. The van der Waals surface area contributed by atoms with Crippen molar-refractivity contribution in [2.24, 2.45) is 0 Å². The Labute approximate surface area is 191 Å². The molecule has 1 heterocycles. The van der Waals surface area contributed by atoms with Gasteiger partial charge in [0, 0.05) is 19.0 Å². The number of amides is 1. The monoisotopic (exact) mass is 445 g/mol. The summed E-state index contributed by atoms with van der Waals surface area (Å²) in [6.07, 6.45) is 0.0611. The summed E-state index contributed by atoms with van der Waals surface area (Å²) in [5.74, 6) is -1.39. The standard InChI is InChI=1S/C27H24FNO4/c28-19-11-9-18(10-12-19)27(25(30)31)13-15-29(16-14-27)26(32)33-17-24-22-7-3-1-5-20(22)21-6-2-4-8-23(21)24/h1-12,24H,13-17H2,(H,30,31). The normalized spacial score (nSPS) is 16.7. The Hall–Kier alpha value is -3.67. The second kappa shape index (κ2) is 8.35. The minimum absolute atomic E-state index is 0.0246. The van der Waals surface area contributed by atoms with Gasteiger partial charge in [0.2, 0.25) is 0 Å². The molecule has 0 spiro atoms. The highest BCUT2D eigenvalue weighted by Crippen LogP contribution is 2.44. The number of nitrogens with zero attached hydrogens (tertiary/aromatic N) is 1. The number of aliphatic carboxylic acids is 1. The van der Waals surface area contributed by atoms with E-state index in [9.17, 15) is 19.1 Å². The van der Waals surface area contributed by atoms with Gasteiger partial charge >= 0.3 is 12.1 Å². The zero-order valence-electron chi connectivity index (χ0n) is 18.0. The minimum Gasteiger partial charge on any atom is -0.481 e. The number of piperidine rings is 1. The Morgan fingerprint density at radius 3 is 2.00 bits per heavy atom. The first-order valence-corrected chi connectivity index (χ1v) is 11.1. The Balaban J connectivity index is 1.27. The van der Waals surface area contributed by atoms with Crippen LogP contribution in [0.1, 0.15) is 35.4 Å². The third kappa shape index (κ3) is 3.65. The number of rotatable bonds is 4. The number of fused-ring (bicyclic) bond motifs is 3. The fourth-order valence-electron chi connectivity index (χ4n) is 5.15. The van der Waals surface area contributed by atoms with Crippen molar-refractivity contribution in [2.75, 3.05) is 19.7 Å². The molecule has 3 aromatic rings. The van der Waals surface area contributed by atoms with Gasteiger partial charge in [-0.1, -0.05) is 60.7 Å². The third-order valence-electron chi connectivity index (χ3n) is 7.02. The van der Waals surface area contributed by atoms with Crippen LogP contribution in [-0.2, 0) is 14.9 Å². The molecule has 0 bridgehead atoms. The zero-order valence-corrected chi connectivity index (χ0v) is 18.0. The molecule has 1 aliphatic heterocycles. The van der Waals surface area contributed by atoms with Gasteiger partial charge in [-0.3, -0.25) is 4.79 Å². The molecule has 6 heteroatoms. The number of hydrogen-bond donors (Lipinski definition) is 1. The molecule has 3 aromatic carbocycles. The van der Waals surface area contributed by atoms with Crippen molar-refractivity contribution in [3.63, 3.8) is 0 Å². The Bertz CT molecular complexity index is 1150. The molecule has 168 valence electrons. The first-order chi connectivity index (χ1) is 16.0. The summed E-state index contributed by atoms with van der Waals surface area (Å²) in [5, 5.41) is 9.94. The van der Waals surface area contributed by atoms with Crippen LogP contribution in [0.25, 0.3) is 11.1 Å². The predicted molar refractivity (Wildman–Crippen MR) is 122 cm³/mol. The maximum atomic E-state index is 13.3. The largest absolute Gasteiger partial charge is 0.481 e. The topological polar surface area (TPSA) is 66.8 Å². The zero-order chi connectivity index (χ0) is 23.0. The van der Waals surface area contributed by atoms with Gasteiger partial charge in [0.15, 0.2) is 0 Å². The van der Waals surface area contributed by atoms with E-state index in [-0.39, 0.29) is 38.5 Å². The number of halogens is 1. The second-order valence-electron chi connectivity index (χ2n) is 8.69. The number of carbonyl (C=O) groups is 2. The van der Waals surface area contributed by atoms with Gasteiger partial charge in [-0.15, -0.1) is 0 Å². The van der Waals surface area contributed by atoms with E-state index in [1.807, 2.05) is 24.3 Å². The fourth-order valence-corrected chi connectivity index (χ4v) is 5.15. The summed E-state index contributed by atoms with van der Waals surface area (Å²) in [4.78, 5) is 26.6. The van der Waals surface area contributed by atoms with Crippen molar-refractivity contribution >= 4 is 12.1 Å². The molecule has 1 N–H and O–H groups in total. The molecule has 5 rings (SSSR count). The van der Waals surface area contributed by atoms with E-state index in [4.69, 9.17) is 4.74 Å². The molecular weight excluding hydrogens is 421 g/mol. The molecule has 1 amide bonds. The molecular formula is C27H24FNO4. The van der Waals surface area contributed by atoms with Crippen molar-refractivity contribution in [2.45, 2.75) is 24.2 Å². The number of carboxylic acid groups (broad SMARTS) is 1. The minimum atomic E-state index is -1.13. The van der Waals surface area contributed by atoms with Crippen LogP contribution < -0.4 is 0 Å². The summed E-state index contributed by atoms with van der Waals surface area (Å²) in [6.45, 7) is 0.756. The Kier molecular flexibility index (Phi) is 5.36. The molecule has 1 aliphatic carbocycles. The number of benzene rings is 3. The quantitative estimate of drug-likeness (QED) is 0.600. The van der Waals surface area contributed by atoms with Crippen LogP contribution in [0.15, 0.2) is 72.8 Å². The van der Waals surface area contributed by atoms with Gasteiger partial charge in [-0.05, 0) is 52.8 Å². The molecule has 33 heavy (non-hydrogen) atoms. The van der Waals surface area contributed by atoms with E-state index in [0.717, 1.165) is 22.3 Å². The highest BCUT2D eigenvalue weighted by atomic mass is 19.1. The molecule has 2 aliphatic rings. The summed E-state index contributed by atoms with van der Waals surface area (Å²) in [7, 11) is 0. The van der Waals surface area contributed by atoms with Crippen LogP contribution in [-0.4, -0.2) is 41.8 Å². The van der Waals surface area contributed by atoms with Crippen molar-refractivity contribution < 1.29 is 23.8 Å². The second-order valence-corrected chi connectivity index (χ2v) is 8.69. The fraction of sp³-hybridized carbons (Fsp3) is 0.259. The average Bonchev–Trinajstić information content (AvgIpc) is 3.16. The maximum absolute atomic E-state index is 13.3. The molecule has 0 aromatic heterocycles. The van der Waals surface area contributed by atoms with E-state index >= 15 is 0 Å². The lowest BCUT2D eigenvalue weighted by Gasteiger charge is -2.38. The molecule has 0 atom stereocenters. The van der Waals surface area contributed by atoms with Crippen LogP contribution in [0.3, 0.4) is 0 Å². The van der Waals surface area contributed by atoms with E-state index in [0.29, 0.717) is 5.56 Å². The van der Waals surface area contributed by atoms with Gasteiger partial charge in [-0.25, -0.2) is 9.18 Å². The van der Waals surface area contributed by atoms with Crippen LogP contribution >= 0.6 is 0 Å². The average molecular weight is 445 g/mol. The number of carbonyl (C=O) groups excluding carboxylic acids is 1. The lowest BCUT2D eigenvalue weighted by Crippen LogP contribution is -2.49. The maximum Gasteiger partial charge on any atom is 0.409 e. The number of hydrogen-bond acceptors (Lipinski definition) is 3. The van der Waals surface area contributed by atoms with E-state index in [2.05, 4.69) is 24.3 Å². The molecule has 0 saturated carbocycles. The van der Waals surface area contributed by atoms with E-state index < -0.39 is 23.3 Å². The van der Waals surface area contributed by atoms with Crippen molar-refractivity contribution in [1.29, 1.82) is 0 Å². The smallest absolute Gasteiger partial charge is 0.409 e. The van der Waals surface area contributed by atoms with Crippen molar-refractivity contribution in [3.05, 3.63) is 95.3 Å². The van der Waals surface area contributed by atoms with Crippen molar-refractivity contribution in [3.8, 4) is 11.1 Å². The summed E-state index contributed by atoms with van der Waals surface area (Å²) in [6, 6.07) is 21.9. The molecule has 1 fully saturated rings. The summed E-state index contributed by atoms with van der Waals surface area (Å²) in [5.41, 5.74) is 4.05. The first-order valence-electron chi connectivity index (χ1n) is 11.1. The van der Waals surface area contributed by atoms with Crippen LogP contribution in [0, 0.1) is 5.82 Å². The van der Waals surface area contributed by atoms with Gasteiger partial charge in [0.25, 0.3) is 0 Å². The Morgan fingerprint density at radius 2 is 1.45 bits per heavy atom. The summed E-state index contributed by atoms with van der Waals surface area (Å²) >= 11 is 0. The van der Waals surface area contributed by atoms with Crippen LogP contribution in [0.4, 0.5) is 9.18 Å². The Morgan fingerprint density at radius 1 is 0.909 bits per heavy atom.